The Hall–Kier alpha value is -3.59. The number of rotatable bonds is 5. The molecule has 158 valence electrons. The molecule has 3 aromatic carbocycles. The number of hydrogen-bond donors (Lipinski definition) is 0. The minimum atomic E-state index is -4.43. The van der Waals surface area contributed by atoms with E-state index in [9.17, 15) is 23.3 Å². The molecule has 0 bridgehead atoms. The quantitative estimate of drug-likeness (QED) is 0.281. The Balaban J connectivity index is 1.73. The average molecular weight is 448 g/mol. The minimum Gasteiger partial charge on any atom is -0.407 e. The van der Waals surface area contributed by atoms with Crippen molar-refractivity contribution in [2.75, 3.05) is 0 Å². The molecule has 0 N–H and O–H groups in total. The van der Waals surface area contributed by atoms with Gasteiger partial charge in [-0.05, 0) is 48.0 Å². The van der Waals surface area contributed by atoms with E-state index in [1.54, 1.807) is 24.3 Å². The molecule has 0 aliphatic heterocycles. The van der Waals surface area contributed by atoms with Gasteiger partial charge in [-0.25, -0.2) is 4.98 Å². The van der Waals surface area contributed by atoms with Gasteiger partial charge in [0.25, 0.3) is 5.69 Å². The lowest BCUT2D eigenvalue weighted by molar-refractivity contribution is -0.384. The lowest BCUT2D eigenvalue weighted by Gasteiger charge is -2.12. The van der Waals surface area contributed by atoms with Crippen molar-refractivity contribution in [1.29, 1.82) is 0 Å². The van der Waals surface area contributed by atoms with E-state index in [2.05, 4.69) is 4.98 Å². The third-order valence-corrected chi connectivity index (χ3v) is 4.80. The predicted octanol–water partition coefficient (Wildman–Crippen LogP) is 5.91. The van der Waals surface area contributed by atoms with E-state index in [0.717, 1.165) is 12.1 Å². The van der Waals surface area contributed by atoms with Gasteiger partial charge in [0, 0.05) is 22.7 Å². The van der Waals surface area contributed by atoms with Crippen LogP contribution in [-0.2, 0) is 12.8 Å². The average Bonchev–Trinajstić information content (AvgIpc) is 3.10. The largest absolute Gasteiger partial charge is 0.416 e. The second-order valence-corrected chi connectivity index (χ2v) is 7.07. The van der Waals surface area contributed by atoms with Gasteiger partial charge in [-0.15, -0.1) is 0 Å². The molecule has 4 aromatic rings. The van der Waals surface area contributed by atoms with Gasteiger partial charge in [0.05, 0.1) is 16.0 Å². The third-order valence-electron chi connectivity index (χ3n) is 4.55. The van der Waals surface area contributed by atoms with Gasteiger partial charge >= 0.3 is 6.18 Å². The summed E-state index contributed by atoms with van der Waals surface area (Å²) < 4.78 is 39.6. The molecule has 1 aromatic heterocycles. The molecule has 0 amide bonds. The van der Waals surface area contributed by atoms with Crippen LogP contribution < -0.4 is 4.84 Å². The molecular formula is C21H13ClF3N3O3. The third kappa shape index (κ3) is 4.31. The maximum absolute atomic E-state index is 12.8. The second-order valence-electron chi connectivity index (χ2n) is 6.63. The summed E-state index contributed by atoms with van der Waals surface area (Å²) in [5.74, 6) is 0.374. The molecule has 0 radical (unpaired) electrons. The van der Waals surface area contributed by atoms with E-state index in [1.807, 2.05) is 0 Å². The molecule has 4 rings (SSSR count). The number of nitro groups is 1. The van der Waals surface area contributed by atoms with E-state index >= 15 is 0 Å². The maximum Gasteiger partial charge on any atom is 0.416 e. The molecule has 0 aliphatic carbocycles. The number of alkyl halides is 3. The Labute approximate surface area is 178 Å². The first kappa shape index (κ1) is 20.7. The van der Waals surface area contributed by atoms with Gasteiger partial charge in [0.15, 0.2) is 5.82 Å². The van der Waals surface area contributed by atoms with Gasteiger partial charge in [-0.1, -0.05) is 23.7 Å². The summed E-state index contributed by atoms with van der Waals surface area (Å²) in [7, 11) is 0. The van der Waals surface area contributed by atoms with Crippen molar-refractivity contribution < 1.29 is 22.9 Å². The van der Waals surface area contributed by atoms with Crippen LogP contribution in [0.3, 0.4) is 0 Å². The zero-order valence-electron chi connectivity index (χ0n) is 15.6. The number of benzene rings is 3. The highest BCUT2D eigenvalue weighted by atomic mass is 35.5. The van der Waals surface area contributed by atoms with E-state index in [4.69, 9.17) is 16.4 Å². The Bertz CT molecular complexity index is 1250. The van der Waals surface area contributed by atoms with Gasteiger partial charge in [0.1, 0.15) is 12.1 Å². The van der Waals surface area contributed by atoms with E-state index in [1.165, 1.54) is 35.1 Å². The number of non-ortho nitro benzene ring substituents is 1. The number of fused-ring (bicyclic) bond motifs is 1. The fourth-order valence-corrected chi connectivity index (χ4v) is 3.12. The molecule has 0 atom stereocenters. The molecule has 0 aliphatic rings. The lowest BCUT2D eigenvalue weighted by atomic mass is 10.1. The fourth-order valence-electron chi connectivity index (χ4n) is 3.00. The number of nitrogens with zero attached hydrogens (tertiary/aromatic N) is 3. The summed E-state index contributed by atoms with van der Waals surface area (Å²) in [6, 6.07) is 15.5. The summed E-state index contributed by atoms with van der Waals surface area (Å²) >= 11 is 5.95. The molecule has 1 heterocycles. The maximum atomic E-state index is 12.8. The van der Waals surface area contributed by atoms with Crippen molar-refractivity contribution in [3.8, 4) is 11.4 Å². The van der Waals surface area contributed by atoms with Gasteiger partial charge in [-0.3, -0.25) is 10.1 Å². The highest BCUT2D eigenvalue weighted by Crippen LogP contribution is 2.30. The van der Waals surface area contributed by atoms with Crippen LogP contribution in [0.4, 0.5) is 18.9 Å². The van der Waals surface area contributed by atoms with Crippen LogP contribution in [0.1, 0.15) is 11.1 Å². The summed E-state index contributed by atoms with van der Waals surface area (Å²) in [5.41, 5.74) is 1.04. The van der Waals surface area contributed by atoms with Crippen molar-refractivity contribution in [3.05, 3.63) is 93.0 Å². The first-order valence-corrected chi connectivity index (χ1v) is 9.32. The number of nitro benzene ring substituents is 1. The van der Waals surface area contributed by atoms with E-state index in [-0.39, 0.29) is 12.3 Å². The summed E-state index contributed by atoms with van der Waals surface area (Å²) in [4.78, 5) is 21.0. The Morgan fingerprint density at radius 1 is 1.03 bits per heavy atom. The summed E-state index contributed by atoms with van der Waals surface area (Å²) in [5, 5.41) is 11.7. The molecule has 31 heavy (non-hydrogen) atoms. The van der Waals surface area contributed by atoms with Crippen molar-refractivity contribution in [1.82, 2.24) is 9.71 Å². The minimum absolute atomic E-state index is 0.0765. The second kappa shape index (κ2) is 7.92. The Kier molecular flexibility index (Phi) is 5.28. The fraction of sp³-hybridized carbons (Fsp3) is 0.0952. The molecular weight excluding hydrogens is 435 g/mol. The van der Waals surface area contributed by atoms with Crippen molar-refractivity contribution in [2.45, 2.75) is 12.8 Å². The molecule has 6 nitrogen and oxygen atoms in total. The van der Waals surface area contributed by atoms with E-state index in [0.29, 0.717) is 33.0 Å². The topological polar surface area (TPSA) is 70.2 Å². The van der Waals surface area contributed by atoms with Crippen LogP contribution in [0, 0.1) is 10.1 Å². The molecule has 0 saturated heterocycles. The van der Waals surface area contributed by atoms with Gasteiger partial charge in [0.2, 0.25) is 0 Å². The van der Waals surface area contributed by atoms with Crippen molar-refractivity contribution >= 4 is 28.3 Å². The van der Waals surface area contributed by atoms with Crippen molar-refractivity contribution in [2.24, 2.45) is 0 Å². The van der Waals surface area contributed by atoms with Crippen LogP contribution in [0.25, 0.3) is 22.4 Å². The normalized spacial score (nSPS) is 11.6. The lowest BCUT2D eigenvalue weighted by Crippen LogP contribution is -2.13. The number of halogens is 4. The first-order chi connectivity index (χ1) is 14.7. The van der Waals surface area contributed by atoms with Gasteiger partial charge in [-0.2, -0.15) is 17.9 Å². The predicted molar refractivity (Wildman–Crippen MR) is 109 cm³/mol. The number of imidazole rings is 1. The zero-order chi connectivity index (χ0) is 22.2. The molecule has 0 spiro atoms. The molecule has 0 saturated carbocycles. The standard InChI is InChI=1S/C21H13ClF3N3O3/c22-16-7-3-14(4-8-16)20-26-18-10-9-17(28(29)30)11-19(18)27(20)31-12-13-1-5-15(6-2-13)21(23,24)25/h1-11H,12H2. The summed E-state index contributed by atoms with van der Waals surface area (Å²) in [6.45, 7) is -0.0765. The SMILES string of the molecule is O=[N+]([O-])c1ccc2nc(-c3ccc(Cl)cc3)n(OCc3ccc(C(F)(F)F)cc3)c2c1. The molecule has 0 unspecified atom stereocenters. The van der Waals surface area contributed by atoms with Gasteiger partial charge < -0.3 is 4.84 Å². The van der Waals surface area contributed by atoms with Crippen LogP contribution in [0.2, 0.25) is 5.02 Å². The van der Waals surface area contributed by atoms with Crippen molar-refractivity contribution in [3.63, 3.8) is 0 Å². The number of hydrogen-bond acceptors (Lipinski definition) is 4. The zero-order valence-corrected chi connectivity index (χ0v) is 16.4. The van der Waals surface area contributed by atoms with Crippen LogP contribution in [0.15, 0.2) is 66.7 Å². The monoisotopic (exact) mass is 447 g/mol. The highest BCUT2D eigenvalue weighted by Gasteiger charge is 2.30. The van der Waals surface area contributed by atoms with Crippen LogP contribution >= 0.6 is 11.6 Å². The molecule has 0 fully saturated rings. The Morgan fingerprint density at radius 3 is 2.32 bits per heavy atom. The molecule has 10 heteroatoms. The smallest absolute Gasteiger partial charge is 0.407 e. The van der Waals surface area contributed by atoms with Crippen LogP contribution in [-0.4, -0.2) is 14.6 Å². The highest BCUT2D eigenvalue weighted by molar-refractivity contribution is 6.30. The first-order valence-electron chi connectivity index (χ1n) is 8.94. The Morgan fingerprint density at radius 2 is 1.71 bits per heavy atom. The number of aromatic nitrogens is 2. The summed E-state index contributed by atoms with van der Waals surface area (Å²) in [6.07, 6.45) is -4.43. The van der Waals surface area contributed by atoms with E-state index < -0.39 is 16.7 Å². The van der Waals surface area contributed by atoms with Crippen LogP contribution in [0.5, 0.6) is 0 Å².